The predicted molar refractivity (Wildman–Crippen MR) is 70.7 cm³/mol. The molecule has 1 aliphatic rings. The molecule has 0 radical (unpaired) electrons. The highest BCUT2D eigenvalue weighted by molar-refractivity contribution is 6.30. The van der Waals surface area contributed by atoms with Crippen LogP contribution in [0.15, 0.2) is 24.3 Å². The minimum absolute atomic E-state index is 0.178. The first kappa shape index (κ1) is 12.6. The number of piperidine rings is 1. The number of halogens is 2. The van der Waals surface area contributed by atoms with Crippen molar-refractivity contribution < 1.29 is 4.39 Å². The Kier molecular flexibility index (Phi) is 4.19. The number of nitrogens with one attached hydrogen (secondary N) is 1. The highest BCUT2D eigenvalue weighted by atomic mass is 35.5. The fourth-order valence-corrected chi connectivity index (χ4v) is 2.36. The van der Waals surface area contributed by atoms with E-state index < -0.39 is 0 Å². The van der Waals surface area contributed by atoms with Crippen LogP contribution in [0, 0.1) is 5.82 Å². The first-order valence-corrected chi connectivity index (χ1v) is 6.42. The quantitative estimate of drug-likeness (QED) is 0.839. The third-order valence-electron chi connectivity index (χ3n) is 3.12. The molecule has 0 bridgehead atoms. The van der Waals surface area contributed by atoms with E-state index in [1.54, 1.807) is 12.1 Å². The van der Waals surface area contributed by atoms with E-state index in [2.05, 4.69) is 18.3 Å². The van der Waals surface area contributed by atoms with E-state index in [0.29, 0.717) is 12.1 Å². The zero-order valence-corrected chi connectivity index (χ0v) is 10.7. The molecule has 0 aromatic heterocycles. The van der Waals surface area contributed by atoms with Crippen molar-refractivity contribution in [1.82, 2.24) is 5.32 Å². The molecule has 1 fully saturated rings. The topological polar surface area (TPSA) is 12.0 Å². The molecule has 17 heavy (non-hydrogen) atoms. The van der Waals surface area contributed by atoms with Crippen LogP contribution in [-0.2, 0) is 0 Å². The molecular formula is C14H17ClFN. The lowest BCUT2D eigenvalue weighted by Crippen LogP contribution is -2.39. The van der Waals surface area contributed by atoms with Crippen molar-refractivity contribution in [3.8, 4) is 0 Å². The SMILES string of the molecule is CC1CCCC(/C=C/c2ccc(F)c(Cl)c2)N1. The summed E-state index contributed by atoms with van der Waals surface area (Å²) in [6.45, 7) is 2.20. The van der Waals surface area contributed by atoms with Crippen LogP contribution < -0.4 is 5.32 Å². The summed E-state index contributed by atoms with van der Waals surface area (Å²) in [6.07, 6.45) is 7.80. The summed E-state index contributed by atoms with van der Waals surface area (Å²) >= 11 is 5.73. The van der Waals surface area contributed by atoms with Gasteiger partial charge in [-0.3, -0.25) is 0 Å². The van der Waals surface area contributed by atoms with Crippen LogP contribution in [0.2, 0.25) is 5.02 Å². The maximum absolute atomic E-state index is 13.0. The molecule has 0 aliphatic carbocycles. The van der Waals surface area contributed by atoms with Gasteiger partial charge in [0.05, 0.1) is 5.02 Å². The molecule has 0 spiro atoms. The lowest BCUT2D eigenvalue weighted by Gasteiger charge is -2.26. The number of benzene rings is 1. The first-order valence-electron chi connectivity index (χ1n) is 6.04. The zero-order valence-electron chi connectivity index (χ0n) is 9.92. The van der Waals surface area contributed by atoms with Gasteiger partial charge in [0.15, 0.2) is 0 Å². The van der Waals surface area contributed by atoms with Crippen molar-refractivity contribution in [2.45, 2.75) is 38.3 Å². The number of hydrogen-bond acceptors (Lipinski definition) is 1. The summed E-state index contributed by atoms with van der Waals surface area (Å²) in [6, 6.07) is 5.79. The van der Waals surface area contributed by atoms with Gasteiger partial charge in [0.25, 0.3) is 0 Å². The molecule has 1 N–H and O–H groups in total. The molecular weight excluding hydrogens is 237 g/mol. The van der Waals surface area contributed by atoms with E-state index in [1.165, 1.54) is 18.9 Å². The summed E-state index contributed by atoms with van der Waals surface area (Å²) in [4.78, 5) is 0. The molecule has 2 rings (SSSR count). The zero-order chi connectivity index (χ0) is 12.3. The number of hydrogen-bond donors (Lipinski definition) is 1. The maximum Gasteiger partial charge on any atom is 0.141 e. The van der Waals surface area contributed by atoms with Crippen molar-refractivity contribution >= 4 is 17.7 Å². The van der Waals surface area contributed by atoms with Crippen molar-refractivity contribution in [2.24, 2.45) is 0 Å². The Balaban J connectivity index is 2.01. The molecule has 0 amide bonds. The Bertz CT molecular complexity index is 417. The predicted octanol–water partition coefficient (Wildman–Crippen LogP) is 4.02. The van der Waals surface area contributed by atoms with E-state index in [9.17, 15) is 4.39 Å². The fourth-order valence-electron chi connectivity index (χ4n) is 2.17. The Morgan fingerprint density at radius 3 is 2.94 bits per heavy atom. The van der Waals surface area contributed by atoms with Gasteiger partial charge in [-0.25, -0.2) is 4.39 Å². The van der Waals surface area contributed by atoms with Gasteiger partial charge in [-0.1, -0.05) is 36.2 Å². The largest absolute Gasteiger partial charge is 0.308 e. The Morgan fingerprint density at radius 1 is 1.41 bits per heavy atom. The van der Waals surface area contributed by atoms with Crippen molar-refractivity contribution in [2.75, 3.05) is 0 Å². The molecule has 1 saturated heterocycles. The summed E-state index contributed by atoms with van der Waals surface area (Å²) in [5.41, 5.74) is 0.941. The van der Waals surface area contributed by atoms with Crippen LogP contribution >= 0.6 is 11.6 Å². The first-order chi connectivity index (χ1) is 8.15. The second-order valence-electron chi connectivity index (χ2n) is 4.64. The van der Waals surface area contributed by atoms with Crippen LogP contribution in [-0.4, -0.2) is 12.1 Å². The highest BCUT2D eigenvalue weighted by Crippen LogP contribution is 2.18. The molecule has 2 unspecified atom stereocenters. The van der Waals surface area contributed by atoms with Crippen molar-refractivity contribution in [3.05, 3.63) is 40.7 Å². The Hall–Kier alpha value is -0.860. The molecule has 1 aromatic carbocycles. The summed E-state index contributed by atoms with van der Waals surface area (Å²) < 4.78 is 13.0. The second kappa shape index (κ2) is 5.65. The van der Waals surface area contributed by atoms with E-state index in [0.717, 1.165) is 12.0 Å². The van der Waals surface area contributed by atoms with Crippen LogP contribution in [0.25, 0.3) is 6.08 Å². The van der Waals surface area contributed by atoms with Crippen molar-refractivity contribution in [1.29, 1.82) is 0 Å². The van der Waals surface area contributed by atoms with Crippen LogP contribution in [0.4, 0.5) is 4.39 Å². The van der Waals surface area contributed by atoms with E-state index in [-0.39, 0.29) is 10.8 Å². The smallest absolute Gasteiger partial charge is 0.141 e. The van der Waals surface area contributed by atoms with Gasteiger partial charge in [0.2, 0.25) is 0 Å². The molecule has 3 heteroatoms. The molecule has 92 valence electrons. The normalized spacial score (nSPS) is 25.4. The monoisotopic (exact) mass is 253 g/mol. The van der Waals surface area contributed by atoms with Crippen LogP contribution in [0.5, 0.6) is 0 Å². The standard InChI is InChI=1S/C14H17ClFN/c1-10-3-2-4-12(17-10)7-5-11-6-8-14(16)13(15)9-11/h5-10,12,17H,2-4H2,1H3/b7-5+. The summed E-state index contributed by atoms with van der Waals surface area (Å²) in [5.74, 6) is -0.367. The van der Waals surface area contributed by atoms with Crippen molar-refractivity contribution in [3.63, 3.8) is 0 Å². The number of rotatable bonds is 2. The average molecular weight is 254 g/mol. The van der Waals surface area contributed by atoms with Gasteiger partial charge in [0, 0.05) is 12.1 Å². The Labute approximate surface area is 107 Å². The molecule has 0 saturated carbocycles. The van der Waals surface area contributed by atoms with Crippen LogP contribution in [0.3, 0.4) is 0 Å². The maximum atomic E-state index is 13.0. The van der Waals surface area contributed by atoms with Gasteiger partial charge < -0.3 is 5.32 Å². The molecule has 1 nitrogen and oxygen atoms in total. The van der Waals surface area contributed by atoms with Gasteiger partial charge in [0.1, 0.15) is 5.82 Å². The van der Waals surface area contributed by atoms with Gasteiger partial charge in [-0.05, 0) is 37.5 Å². The average Bonchev–Trinajstić information content (AvgIpc) is 2.31. The highest BCUT2D eigenvalue weighted by Gasteiger charge is 2.14. The van der Waals surface area contributed by atoms with Gasteiger partial charge in [-0.15, -0.1) is 0 Å². The van der Waals surface area contributed by atoms with Gasteiger partial charge in [-0.2, -0.15) is 0 Å². The lowest BCUT2D eigenvalue weighted by molar-refractivity contribution is 0.375. The van der Waals surface area contributed by atoms with Gasteiger partial charge >= 0.3 is 0 Å². The second-order valence-corrected chi connectivity index (χ2v) is 5.04. The minimum atomic E-state index is -0.367. The van der Waals surface area contributed by atoms with Crippen LogP contribution in [0.1, 0.15) is 31.7 Å². The molecule has 1 heterocycles. The van der Waals surface area contributed by atoms with E-state index in [4.69, 9.17) is 11.6 Å². The fraction of sp³-hybridized carbons (Fsp3) is 0.429. The Morgan fingerprint density at radius 2 is 2.24 bits per heavy atom. The molecule has 1 aliphatic heterocycles. The molecule has 2 atom stereocenters. The third-order valence-corrected chi connectivity index (χ3v) is 3.41. The summed E-state index contributed by atoms with van der Waals surface area (Å²) in [5, 5.41) is 3.70. The minimum Gasteiger partial charge on any atom is -0.308 e. The van der Waals surface area contributed by atoms with E-state index >= 15 is 0 Å². The third kappa shape index (κ3) is 3.55. The lowest BCUT2D eigenvalue weighted by atomic mass is 9.99. The summed E-state index contributed by atoms with van der Waals surface area (Å²) in [7, 11) is 0. The molecule has 1 aromatic rings. The van der Waals surface area contributed by atoms with E-state index in [1.807, 2.05) is 6.08 Å².